The van der Waals surface area contributed by atoms with Gasteiger partial charge in [-0.1, -0.05) is 51.9 Å². The molecule has 0 bridgehead atoms. The highest BCUT2D eigenvalue weighted by Gasteiger charge is 2.25. The molecule has 2 nitrogen and oxygen atoms in total. The summed E-state index contributed by atoms with van der Waals surface area (Å²) in [5.41, 5.74) is 0. The number of alkyl halides is 3. The number of aliphatic hydroxyl groups is 1. The maximum Gasteiger partial charge on any atom is 0.389 e. The molecule has 25 heavy (non-hydrogen) atoms. The molecule has 1 saturated heterocycles. The van der Waals surface area contributed by atoms with Gasteiger partial charge in [0.05, 0.1) is 0 Å². The van der Waals surface area contributed by atoms with Crippen molar-refractivity contribution < 1.29 is 18.3 Å². The van der Waals surface area contributed by atoms with Gasteiger partial charge in [-0.25, -0.2) is 0 Å². The third-order valence-electron chi connectivity index (χ3n) is 5.66. The molecule has 1 aliphatic heterocycles. The van der Waals surface area contributed by atoms with Crippen LogP contribution in [0.2, 0.25) is 0 Å². The number of piperidine rings is 1. The highest BCUT2D eigenvalue weighted by Crippen LogP contribution is 2.25. The lowest BCUT2D eigenvalue weighted by Crippen LogP contribution is -2.36. The van der Waals surface area contributed by atoms with E-state index in [0.29, 0.717) is 24.9 Å². The minimum absolute atomic E-state index is 0.289. The fourth-order valence-electron chi connectivity index (χ4n) is 3.79. The van der Waals surface area contributed by atoms with Gasteiger partial charge in [0.2, 0.25) is 0 Å². The Morgan fingerprint density at radius 1 is 0.880 bits per heavy atom. The summed E-state index contributed by atoms with van der Waals surface area (Å²) < 4.78 is 36.0. The first-order valence-electron chi connectivity index (χ1n) is 10.3. The molecule has 1 rings (SSSR count). The lowest BCUT2D eigenvalue weighted by molar-refractivity contribution is -0.135. The van der Waals surface area contributed by atoms with E-state index in [1.165, 1.54) is 58.2 Å². The molecule has 1 fully saturated rings. The molecule has 150 valence electrons. The third kappa shape index (κ3) is 11.8. The van der Waals surface area contributed by atoms with Crippen molar-refractivity contribution in [1.29, 1.82) is 0 Å². The van der Waals surface area contributed by atoms with Gasteiger partial charge in [-0.15, -0.1) is 0 Å². The summed E-state index contributed by atoms with van der Waals surface area (Å²) in [7, 11) is 0. The summed E-state index contributed by atoms with van der Waals surface area (Å²) in [6, 6.07) is 0. The van der Waals surface area contributed by atoms with Gasteiger partial charge in [-0.05, 0) is 57.2 Å². The second-order valence-corrected chi connectivity index (χ2v) is 7.89. The van der Waals surface area contributed by atoms with Gasteiger partial charge in [-0.2, -0.15) is 13.2 Å². The third-order valence-corrected chi connectivity index (χ3v) is 5.66. The second-order valence-electron chi connectivity index (χ2n) is 7.89. The fourth-order valence-corrected chi connectivity index (χ4v) is 3.79. The van der Waals surface area contributed by atoms with Crippen LogP contribution < -0.4 is 0 Å². The van der Waals surface area contributed by atoms with Crippen LogP contribution in [0.25, 0.3) is 0 Å². The number of nitrogens with zero attached hydrogens (tertiary/aromatic N) is 1. The molecule has 0 aromatic rings. The average Bonchev–Trinajstić information content (AvgIpc) is 2.58. The van der Waals surface area contributed by atoms with Crippen molar-refractivity contribution in [2.75, 3.05) is 26.2 Å². The van der Waals surface area contributed by atoms with Crippen LogP contribution in [0.4, 0.5) is 13.2 Å². The Labute approximate surface area is 152 Å². The van der Waals surface area contributed by atoms with Crippen LogP contribution in [0.1, 0.15) is 84.0 Å². The number of aliphatic hydroxyl groups excluding tert-OH is 1. The largest absolute Gasteiger partial charge is 0.396 e. The number of rotatable bonds is 13. The number of hydrogen-bond acceptors (Lipinski definition) is 2. The second kappa shape index (κ2) is 13.0. The van der Waals surface area contributed by atoms with E-state index in [0.717, 1.165) is 19.3 Å². The van der Waals surface area contributed by atoms with Gasteiger partial charge in [-0.3, -0.25) is 0 Å². The van der Waals surface area contributed by atoms with Crippen molar-refractivity contribution in [3.05, 3.63) is 0 Å². The fraction of sp³-hybridized carbons (Fsp3) is 1.00. The highest BCUT2D eigenvalue weighted by atomic mass is 19.4. The average molecular weight is 366 g/mol. The van der Waals surface area contributed by atoms with Gasteiger partial charge in [0.1, 0.15) is 0 Å². The summed E-state index contributed by atoms with van der Waals surface area (Å²) in [5.74, 6) is 1.13. The predicted octanol–water partition coefficient (Wildman–Crippen LogP) is 5.79. The molecular formula is C20H38F3NO. The maximum atomic E-state index is 12.0. The number of likely N-dealkylation sites (tertiary alicyclic amines) is 1. The zero-order chi connectivity index (χ0) is 18.5. The molecule has 1 heterocycles. The van der Waals surface area contributed by atoms with E-state index < -0.39 is 12.6 Å². The monoisotopic (exact) mass is 365 g/mol. The predicted molar refractivity (Wildman–Crippen MR) is 97.6 cm³/mol. The molecule has 0 saturated carbocycles. The molecule has 1 N–H and O–H groups in total. The summed E-state index contributed by atoms with van der Waals surface area (Å²) in [6.07, 6.45) is 7.01. The van der Waals surface area contributed by atoms with E-state index in [1.54, 1.807) is 0 Å². The van der Waals surface area contributed by atoms with Crippen LogP contribution in [0, 0.1) is 11.8 Å². The molecule has 0 aliphatic carbocycles. The minimum atomic E-state index is -3.98. The van der Waals surface area contributed by atoms with E-state index in [9.17, 15) is 18.3 Å². The van der Waals surface area contributed by atoms with Crippen LogP contribution in [-0.4, -0.2) is 42.4 Å². The van der Waals surface area contributed by atoms with Crippen molar-refractivity contribution in [1.82, 2.24) is 4.90 Å². The van der Waals surface area contributed by atoms with E-state index in [4.69, 9.17) is 0 Å². The Morgan fingerprint density at radius 2 is 1.36 bits per heavy atom. The lowest BCUT2D eigenvalue weighted by atomic mass is 9.86. The normalized spacial score (nSPS) is 18.6. The zero-order valence-electron chi connectivity index (χ0n) is 16.0. The first-order valence-corrected chi connectivity index (χ1v) is 10.3. The Morgan fingerprint density at radius 3 is 1.84 bits per heavy atom. The van der Waals surface area contributed by atoms with Crippen LogP contribution >= 0.6 is 0 Å². The molecule has 1 unspecified atom stereocenters. The quantitative estimate of drug-likeness (QED) is 0.418. The molecule has 0 spiro atoms. The first kappa shape index (κ1) is 22.8. The summed E-state index contributed by atoms with van der Waals surface area (Å²) in [4.78, 5) is 2.56. The first-order chi connectivity index (χ1) is 11.9. The Hall–Kier alpha value is -0.290. The van der Waals surface area contributed by atoms with Crippen LogP contribution in [0.15, 0.2) is 0 Å². The Kier molecular flexibility index (Phi) is 11.8. The molecule has 0 aromatic heterocycles. The Bertz CT molecular complexity index is 315. The van der Waals surface area contributed by atoms with E-state index in [1.807, 2.05) is 0 Å². The number of unbranched alkanes of at least 4 members (excludes halogenated alkanes) is 8. The summed E-state index contributed by atoms with van der Waals surface area (Å²) >= 11 is 0. The lowest BCUT2D eigenvalue weighted by Gasteiger charge is -2.34. The minimum Gasteiger partial charge on any atom is -0.396 e. The standard InChI is InChI=1S/C20H38F3NO/c1-18(17-25)19-11-15-24(16-12-19)14-10-8-6-4-2-3-5-7-9-13-20(21,22)23/h18-19,25H,2-17H2,1H3. The van der Waals surface area contributed by atoms with Crippen molar-refractivity contribution in [3.63, 3.8) is 0 Å². The zero-order valence-corrected chi connectivity index (χ0v) is 16.0. The smallest absolute Gasteiger partial charge is 0.389 e. The number of hydrogen-bond donors (Lipinski definition) is 1. The van der Waals surface area contributed by atoms with Crippen molar-refractivity contribution in [2.45, 2.75) is 90.1 Å². The van der Waals surface area contributed by atoms with Gasteiger partial charge in [0.15, 0.2) is 0 Å². The van der Waals surface area contributed by atoms with Crippen LogP contribution in [0.3, 0.4) is 0 Å². The molecule has 1 aliphatic rings. The molecule has 1 atom stereocenters. The molecule has 0 radical (unpaired) electrons. The maximum absolute atomic E-state index is 12.0. The van der Waals surface area contributed by atoms with Gasteiger partial charge in [0, 0.05) is 13.0 Å². The van der Waals surface area contributed by atoms with Crippen molar-refractivity contribution >= 4 is 0 Å². The Balaban J connectivity index is 1.84. The van der Waals surface area contributed by atoms with Gasteiger partial charge in [0.25, 0.3) is 0 Å². The van der Waals surface area contributed by atoms with Crippen molar-refractivity contribution in [3.8, 4) is 0 Å². The molecule has 0 aromatic carbocycles. The van der Waals surface area contributed by atoms with Crippen LogP contribution in [0.5, 0.6) is 0 Å². The number of halogens is 3. The topological polar surface area (TPSA) is 23.5 Å². The van der Waals surface area contributed by atoms with E-state index in [2.05, 4.69) is 11.8 Å². The van der Waals surface area contributed by atoms with Gasteiger partial charge < -0.3 is 10.0 Å². The van der Waals surface area contributed by atoms with Crippen LogP contribution in [-0.2, 0) is 0 Å². The van der Waals surface area contributed by atoms with Crippen molar-refractivity contribution in [2.24, 2.45) is 11.8 Å². The van der Waals surface area contributed by atoms with Gasteiger partial charge >= 0.3 is 6.18 Å². The molecule has 0 amide bonds. The van der Waals surface area contributed by atoms with E-state index >= 15 is 0 Å². The highest BCUT2D eigenvalue weighted by molar-refractivity contribution is 4.75. The SMILES string of the molecule is CC(CO)C1CCN(CCCCCCCCCCCC(F)(F)F)CC1. The molecule has 5 heteroatoms. The molecular weight excluding hydrogens is 327 g/mol. The summed E-state index contributed by atoms with van der Waals surface area (Å²) in [6.45, 7) is 6.00. The summed E-state index contributed by atoms with van der Waals surface area (Å²) in [5, 5.41) is 9.23. The van der Waals surface area contributed by atoms with E-state index in [-0.39, 0.29) is 6.42 Å².